The zero-order valence-electron chi connectivity index (χ0n) is 14.2. The highest BCUT2D eigenvalue weighted by molar-refractivity contribution is 5.97. The van der Waals surface area contributed by atoms with Crippen LogP contribution in [0.15, 0.2) is 60.7 Å². The van der Waals surface area contributed by atoms with E-state index in [9.17, 15) is 4.79 Å². The third kappa shape index (κ3) is 1.73. The van der Waals surface area contributed by atoms with Crippen molar-refractivity contribution in [2.45, 2.75) is 24.7 Å². The van der Waals surface area contributed by atoms with Gasteiger partial charge in [0.05, 0.1) is 7.11 Å². The molecule has 0 N–H and O–H groups in total. The van der Waals surface area contributed by atoms with Crippen molar-refractivity contribution in [2.24, 2.45) is 11.3 Å². The highest BCUT2D eigenvalue weighted by Gasteiger charge is 2.83. The van der Waals surface area contributed by atoms with Gasteiger partial charge in [-0.3, -0.25) is 4.79 Å². The molecule has 25 heavy (non-hydrogen) atoms. The van der Waals surface area contributed by atoms with E-state index in [4.69, 9.17) is 9.47 Å². The van der Waals surface area contributed by atoms with E-state index in [1.807, 2.05) is 54.6 Å². The van der Waals surface area contributed by atoms with Gasteiger partial charge in [-0.2, -0.15) is 0 Å². The lowest BCUT2D eigenvalue weighted by Gasteiger charge is -2.29. The van der Waals surface area contributed by atoms with E-state index in [1.165, 1.54) is 6.42 Å². The van der Waals surface area contributed by atoms with Gasteiger partial charge in [0.15, 0.2) is 0 Å². The van der Waals surface area contributed by atoms with Gasteiger partial charge in [0.2, 0.25) is 0 Å². The van der Waals surface area contributed by atoms with Crippen molar-refractivity contribution in [3.05, 3.63) is 71.8 Å². The van der Waals surface area contributed by atoms with E-state index >= 15 is 0 Å². The van der Waals surface area contributed by atoms with Gasteiger partial charge in [0.1, 0.15) is 16.9 Å². The zero-order valence-corrected chi connectivity index (χ0v) is 14.2. The number of carbonyl (C=O) groups excluding carboxylic acids is 1. The second-order valence-electron chi connectivity index (χ2n) is 7.29. The summed E-state index contributed by atoms with van der Waals surface area (Å²) >= 11 is 0. The maximum atomic E-state index is 13.2. The largest absolute Gasteiger partial charge is 0.497 e. The Kier molecular flexibility index (Phi) is 2.94. The molecule has 5 rings (SSSR count). The molecular weight excluding hydrogens is 312 g/mol. The molecule has 0 saturated heterocycles. The summed E-state index contributed by atoms with van der Waals surface area (Å²) in [6.45, 7) is 0. The number of cyclic esters (lactones) is 1. The minimum atomic E-state index is -0.504. The molecule has 1 heterocycles. The lowest BCUT2D eigenvalue weighted by Crippen LogP contribution is -2.34. The van der Waals surface area contributed by atoms with Crippen LogP contribution < -0.4 is 4.74 Å². The van der Waals surface area contributed by atoms with Gasteiger partial charge in [0, 0.05) is 11.0 Å². The van der Waals surface area contributed by atoms with Crippen LogP contribution in [-0.4, -0.2) is 13.1 Å². The number of hydrogen-bond acceptors (Lipinski definition) is 3. The second-order valence-corrected chi connectivity index (χ2v) is 7.29. The smallest absolute Gasteiger partial charge is 0.323 e. The molecule has 3 aliphatic rings. The first-order valence-electron chi connectivity index (χ1n) is 8.87. The van der Waals surface area contributed by atoms with Crippen LogP contribution >= 0.6 is 0 Å². The Bertz CT molecular complexity index is 868. The highest BCUT2D eigenvalue weighted by atomic mass is 16.5. The van der Waals surface area contributed by atoms with E-state index in [0.29, 0.717) is 5.92 Å². The Labute approximate surface area is 147 Å². The number of esters is 1. The van der Waals surface area contributed by atoms with Crippen molar-refractivity contribution in [3.8, 4) is 5.75 Å². The molecule has 2 fully saturated rings. The van der Waals surface area contributed by atoms with Crippen molar-refractivity contribution < 1.29 is 14.3 Å². The Hall–Kier alpha value is -2.55. The molecule has 3 atom stereocenters. The molecule has 2 aromatic carbocycles. The molecule has 3 nitrogen and oxygen atoms in total. The van der Waals surface area contributed by atoms with Crippen LogP contribution in [0.2, 0.25) is 0 Å². The molecule has 3 heteroatoms. The first-order chi connectivity index (χ1) is 12.2. The van der Waals surface area contributed by atoms with Gasteiger partial charge < -0.3 is 9.47 Å². The lowest BCUT2D eigenvalue weighted by atomic mass is 9.80. The minimum absolute atomic E-state index is 0.0813. The zero-order chi connectivity index (χ0) is 17.1. The second kappa shape index (κ2) is 4.98. The average Bonchev–Trinajstić information content (AvgIpc) is 3.02. The Balaban J connectivity index is 1.63. The molecule has 126 valence electrons. The number of rotatable bonds is 3. The predicted octanol–water partition coefficient (Wildman–Crippen LogP) is 4.33. The fourth-order valence-electron chi connectivity index (χ4n) is 5.34. The Morgan fingerprint density at radius 2 is 1.84 bits per heavy atom. The van der Waals surface area contributed by atoms with Crippen LogP contribution in [0.5, 0.6) is 5.75 Å². The van der Waals surface area contributed by atoms with Crippen LogP contribution in [0, 0.1) is 11.3 Å². The number of hydrogen-bond donors (Lipinski definition) is 0. The van der Waals surface area contributed by atoms with E-state index in [1.54, 1.807) is 7.11 Å². The average molecular weight is 332 g/mol. The predicted molar refractivity (Wildman–Crippen MR) is 95.0 cm³/mol. The number of carbonyl (C=O) groups is 1. The first-order valence-corrected chi connectivity index (χ1v) is 8.87. The van der Waals surface area contributed by atoms with E-state index < -0.39 is 5.41 Å². The summed E-state index contributed by atoms with van der Waals surface area (Å²) in [5, 5.41) is 0. The lowest BCUT2D eigenvalue weighted by molar-refractivity contribution is -0.142. The topological polar surface area (TPSA) is 35.5 Å². The molecule has 2 aliphatic carbocycles. The monoisotopic (exact) mass is 332 g/mol. The third-order valence-electron chi connectivity index (χ3n) is 6.40. The van der Waals surface area contributed by atoms with Crippen LogP contribution in [0.1, 0.15) is 30.4 Å². The van der Waals surface area contributed by atoms with Crippen molar-refractivity contribution in [3.63, 3.8) is 0 Å². The van der Waals surface area contributed by atoms with Crippen molar-refractivity contribution in [1.82, 2.24) is 0 Å². The van der Waals surface area contributed by atoms with Gasteiger partial charge in [0.25, 0.3) is 0 Å². The summed E-state index contributed by atoms with van der Waals surface area (Å²) in [4.78, 5) is 13.2. The molecule has 0 aromatic heterocycles. The highest BCUT2D eigenvalue weighted by Crippen LogP contribution is 2.80. The fraction of sp³-hybridized carbons (Fsp3) is 0.318. The van der Waals surface area contributed by atoms with Gasteiger partial charge in [-0.15, -0.1) is 0 Å². The summed E-state index contributed by atoms with van der Waals surface area (Å²) < 4.78 is 11.1. The minimum Gasteiger partial charge on any atom is -0.497 e. The van der Waals surface area contributed by atoms with Crippen LogP contribution in [-0.2, 0) is 14.9 Å². The van der Waals surface area contributed by atoms with Gasteiger partial charge in [-0.1, -0.05) is 48.9 Å². The summed E-state index contributed by atoms with van der Waals surface area (Å²) in [5.74, 6) is 1.79. The van der Waals surface area contributed by atoms with E-state index in [-0.39, 0.29) is 11.4 Å². The maximum Gasteiger partial charge on any atom is 0.323 e. The third-order valence-corrected chi connectivity index (χ3v) is 6.40. The molecule has 0 radical (unpaired) electrons. The molecule has 1 spiro atoms. The molecule has 0 bridgehead atoms. The fourth-order valence-corrected chi connectivity index (χ4v) is 5.34. The number of allylic oxidation sites excluding steroid dienone is 1. The Morgan fingerprint density at radius 1 is 1.08 bits per heavy atom. The summed E-state index contributed by atoms with van der Waals surface area (Å²) in [6.07, 6.45) is 5.55. The number of ether oxygens (including phenoxy) is 2. The number of fused-ring (bicyclic) bond motifs is 1. The summed E-state index contributed by atoms with van der Waals surface area (Å²) in [6, 6.07) is 17.9. The molecule has 2 saturated carbocycles. The van der Waals surface area contributed by atoms with E-state index in [2.05, 4.69) is 6.08 Å². The molecular formula is C22H20O3. The summed E-state index contributed by atoms with van der Waals surface area (Å²) in [5.41, 5.74) is 1.45. The van der Waals surface area contributed by atoms with Crippen LogP contribution in [0.3, 0.4) is 0 Å². The SMILES string of the molecule is COc1ccc([C@@]23C(=O)OC(c4ccccc4)=C[C@@]24CCC[C@H]43)cc1. The maximum absolute atomic E-state index is 13.2. The van der Waals surface area contributed by atoms with Crippen LogP contribution in [0.25, 0.3) is 5.76 Å². The number of methoxy groups -OCH3 is 1. The molecule has 0 amide bonds. The quantitative estimate of drug-likeness (QED) is 0.785. The standard InChI is InChI=1S/C22H20O3/c1-24-17-11-9-16(10-12-17)22-19-8-5-13-21(19,22)14-18(25-20(22)23)15-6-3-2-4-7-15/h2-4,6-7,9-12,14,19H,5,8,13H2,1H3/t19-,21-,22-/m1/s1. The first kappa shape index (κ1) is 14.8. The van der Waals surface area contributed by atoms with Gasteiger partial charge in [-0.05, 0) is 42.5 Å². The molecule has 0 unspecified atom stereocenters. The molecule has 2 aromatic rings. The summed E-state index contributed by atoms with van der Waals surface area (Å²) in [7, 11) is 1.66. The number of benzene rings is 2. The van der Waals surface area contributed by atoms with E-state index in [0.717, 1.165) is 35.5 Å². The molecule has 1 aliphatic heterocycles. The van der Waals surface area contributed by atoms with Crippen molar-refractivity contribution in [1.29, 1.82) is 0 Å². The van der Waals surface area contributed by atoms with Crippen LogP contribution in [0.4, 0.5) is 0 Å². The van der Waals surface area contributed by atoms with Crippen molar-refractivity contribution in [2.75, 3.05) is 7.11 Å². The van der Waals surface area contributed by atoms with Crippen molar-refractivity contribution >= 4 is 11.7 Å². The van der Waals surface area contributed by atoms with Gasteiger partial charge in [-0.25, -0.2) is 0 Å². The van der Waals surface area contributed by atoms with Gasteiger partial charge >= 0.3 is 5.97 Å². The Morgan fingerprint density at radius 3 is 2.56 bits per heavy atom. The normalized spacial score (nSPS) is 32.3.